The zero-order valence-electron chi connectivity index (χ0n) is 42.6. The van der Waals surface area contributed by atoms with Crippen LogP contribution in [0.25, 0.3) is 10.4 Å². The number of carbonyl (C=O) groups excluding carboxylic acids is 4. The number of allylic oxidation sites excluding steroid dienone is 6. The molecule has 20 heteroatoms. The molecule has 3 aliphatic heterocycles. The minimum atomic E-state index is -2.50. The first kappa shape index (κ1) is 58.8. The van der Waals surface area contributed by atoms with Crippen molar-refractivity contribution in [2.75, 3.05) is 27.4 Å². The van der Waals surface area contributed by atoms with Gasteiger partial charge >= 0.3 is 11.9 Å². The van der Waals surface area contributed by atoms with E-state index in [9.17, 15) is 44.4 Å². The van der Waals surface area contributed by atoms with Gasteiger partial charge in [0, 0.05) is 62.3 Å². The molecule has 15 atom stereocenters. The quantitative estimate of drug-likeness (QED) is 0.0366. The number of carboxylic acids is 1. The molecule has 0 aromatic heterocycles. The van der Waals surface area contributed by atoms with Gasteiger partial charge in [0.25, 0.3) is 11.7 Å². The van der Waals surface area contributed by atoms with Crippen molar-refractivity contribution < 1.29 is 68.2 Å². The van der Waals surface area contributed by atoms with Crippen molar-refractivity contribution >= 4 is 35.1 Å². The number of aliphatic carboxylic acids is 1. The standard InChI is InChI=1S/C51H78N6O14/c1-29-14-10-9-11-15-30(2)41(67-7)26-36-19-17-34(6)51(66,71-36)48(63)49(64)57-21-13-12-16-40(57)50(65)70-42(37(52)24-35-18-20-38(54-56-53)43(25-35)68-8)27-39(55-69-28-44(58)59)31(3)23-33(5)46(61)47(62)45(60)32(4)22-29/h9-11,14-15,23,29,31-32,34-38,40-43,46-47,61-62,66H,12-13,16-22,24-28,52H2,1-8H3,(H,58,59)/b11-9?,14-10+,30-15?,33-23+,55-39-/t29-,31-,32-,34-,35+,36+,37-,38?,40+,41+,42+,43-,46-,47+,51-/m1/s1. The number of Topliss-reactive ketones (excluding diaryl/α,β-unsaturated/α-hetero) is 2. The molecule has 1 amide bonds. The summed E-state index contributed by atoms with van der Waals surface area (Å²) < 4.78 is 23.9. The Labute approximate surface area is 417 Å². The SMILES string of the molecule is CO[C@H]1C[C@@H]2CC[C@@H](C)[C@@](O)(O2)C(=O)C(=O)N2CCCC[C@H]2C(=O)O[C@H]([C@H](N)C[C@@H]2CCC(N=[N+]=[N-])[C@H](OC)C2)C/C(=N/OCC(=O)O)[C@H](C)/C=C(\C)[C@@H](O)[C@@H](O)C(=O)[C@H](C)C[C@H](C)/C=C/C=CC=C1C. The number of cyclic esters (lactones) is 1. The number of carbonyl (C=O) groups is 5. The van der Waals surface area contributed by atoms with Gasteiger partial charge in [-0.2, -0.15) is 0 Å². The predicted octanol–water partition coefficient (Wildman–Crippen LogP) is 5.42. The van der Waals surface area contributed by atoms with Crippen LogP contribution in [0.3, 0.4) is 0 Å². The lowest BCUT2D eigenvalue weighted by atomic mass is 9.79. The monoisotopic (exact) mass is 999 g/mol. The number of hydrogen-bond donors (Lipinski definition) is 5. The average molecular weight is 999 g/mol. The van der Waals surface area contributed by atoms with Gasteiger partial charge in [0.15, 0.2) is 5.78 Å². The van der Waals surface area contributed by atoms with Crippen LogP contribution < -0.4 is 5.73 Å². The number of oxime groups is 1. The molecule has 20 nitrogen and oxygen atoms in total. The van der Waals surface area contributed by atoms with E-state index in [2.05, 4.69) is 15.2 Å². The molecule has 0 aromatic rings. The largest absolute Gasteiger partial charge is 0.479 e. The van der Waals surface area contributed by atoms with E-state index in [-0.39, 0.29) is 55.3 Å². The summed E-state index contributed by atoms with van der Waals surface area (Å²) in [6, 6.07) is -2.58. The molecular formula is C51H78N6O14. The third kappa shape index (κ3) is 16.4. The van der Waals surface area contributed by atoms with Crippen LogP contribution in [-0.2, 0) is 47.8 Å². The second-order valence-corrected chi connectivity index (χ2v) is 20.1. The number of rotatable bonds is 9. The summed E-state index contributed by atoms with van der Waals surface area (Å²) in [5, 5.41) is 52.0. The molecule has 2 bridgehead atoms. The Morgan fingerprint density at radius 2 is 1.69 bits per heavy atom. The fraction of sp³-hybridized carbons (Fsp3) is 0.725. The lowest BCUT2D eigenvalue weighted by molar-refractivity contribution is -0.265. The van der Waals surface area contributed by atoms with E-state index in [0.29, 0.717) is 51.4 Å². The van der Waals surface area contributed by atoms with Crippen molar-refractivity contribution in [1.29, 1.82) is 0 Å². The van der Waals surface area contributed by atoms with E-state index >= 15 is 0 Å². The van der Waals surface area contributed by atoms with E-state index < -0.39 is 114 Å². The van der Waals surface area contributed by atoms with Gasteiger partial charge in [0.2, 0.25) is 12.4 Å². The van der Waals surface area contributed by atoms with Gasteiger partial charge in [0.1, 0.15) is 24.4 Å². The molecule has 6 N–H and O–H groups in total. The van der Waals surface area contributed by atoms with Crippen molar-refractivity contribution in [2.45, 2.75) is 179 Å². The fourth-order valence-electron chi connectivity index (χ4n) is 10.2. The maximum absolute atomic E-state index is 14.6. The summed E-state index contributed by atoms with van der Waals surface area (Å²) in [6.07, 6.45) is 8.88. The molecule has 1 unspecified atom stereocenters. The van der Waals surface area contributed by atoms with E-state index in [4.69, 9.17) is 35.0 Å². The molecule has 2 saturated heterocycles. The topological polar surface area (TPSA) is 303 Å². The number of nitrogens with two attached hydrogens (primary N) is 1. The van der Waals surface area contributed by atoms with Gasteiger partial charge in [-0.05, 0) is 107 Å². The Morgan fingerprint density at radius 1 is 0.958 bits per heavy atom. The van der Waals surface area contributed by atoms with Crippen LogP contribution in [0.15, 0.2) is 57.9 Å². The van der Waals surface area contributed by atoms with Crippen LogP contribution in [0.5, 0.6) is 0 Å². The Balaban J connectivity index is 1.78. The van der Waals surface area contributed by atoms with Crippen LogP contribution in [0.4, 0.5) is 0 Å². The molecule has 1 saturated carbocycles. The number of hydrogen-bond acceptors (Lipinski definition) is 16. The number of amides is 1. The Hall–Kier alpha value is -4.79. The number of aliphatic hydroxyl groups excluding tert-OH is 2. The smallest absolute Gasteiger partial charge is 0.344 e. The van der Waals surface area contributed by atoms with Crippen molar-refractivity contribution in [1.82, 2.24) is 4.90 Å². The van der Waals surface area contributed by atoms with Crippen molar-refractivity contribution in [3.8, 4) is 0 Å². The Morgan fingerprint density at radius 3 is 2.37 bits per heavy atom. The zero-order valence-corrected chi connectivity index (χ0v) is 42.6. The molecule has 71 heavy (non-hydrogen) atoms. The van der Waals surface area contributed by atoms with Gasteiger partial charge < -0.3 is 54.8 Å². The predicted molar refractivity (Wildman–Crippen MR) is 262 cm³/mol. The summed E-state index contributed by atoms with van der Waals surface area (Å²) in [5.74, 6) is -9.92. The number of aliphatic hydroxyl groups is 3. The molecule has 0 radical (unpaired) electrons. The first-order chi connectivity index (χ1) is 33.6. The second kappa shape index (κ2) is 27.9. The number of piperidine rings is 1. The lowest BCUT2D eigenvalue weighted by Gasteiger charge is -2.42. The highest BCUT2D eigenvalue weighted by Crippen LogP contribution is 2.37. The van der Waals surface area contributed by atoms with Crippen LogP contribution in [0.1, 0.15) is 119 Å². The van der Waals surface area contributed by atoms with Gasteiger partial charge in [-0.25, -0.2) is 9.59 Å². The number of methoxy groups -OCH3 is 2. The van der Waals surface area contributed by atoms with Gasteiger partial charge in [-0.3, -0.25) is 14.4 Å². The normalized spacial score (nSPS) is 37.1. The van der Waals surface area contributed by atoms with Gasteiger partial charge in [0.05, 0.1) is 30.1 Å². The van der Waals surface area contributed by atoms with Crippen LogP contribution in [0.2, 0.25) is 0 Å². The van der Waals surface area contributed by atoms with E-state index in [1.54, 1.807) is 27.9 Å². The van der Waals surface area contributed by atoms with E-state index in [1.807, 2.05) is 44.2 Å². The lowest BCUT2D eigenvalue weighted by Crippen LogP contribution is -2.61. The number of azide groups is 1. The highest BCUT2D eigenvalue weighted by molar-refractivity contribution is 6.39. The number of ether oxygens (including phenoxy) is 4. The molecule has 3 fully saturated rings. The first-order valence-corrected chi connectivity index (χ1v) is 25.0. The summed E-state index contributed by atoms with van der Waals surface area (Å²) in [6.45, 7) is 9.49. The number of fused-ring (bicyclic) bond motifs is 3. The van der Waals surface area contributed by atoms with Crippen LogP contribution >= 0.6 is 0 Å². The zero-order chi connectivity index (χ0) is 52.6. The molecule has 4 rings (SSSR count). The summed E-state index contributed by atoms with van der Waals surface area (Å²) in [5.41, 5.74) is 17.3. The highest BCUT2D eigenvalue weighted by Gasteiger charge is 2.53. The van der Waals surface area contributed by atoms with Crippen molar-refractivity contribution in [2.24, 2.45) is 45.6 Å². The minimum absolute atomic E-state index is 0.00539. The van der Waals surface area contributed by atoms with Crippen LogP contribution in [0, 0.1) is 29.6 Å². The molecule has 0 spiro atoms. The highest BCUT2D eigenvalue weighted by atomic mass is 16.6. The average Bonchev–Trinajstić information content (AvgIpc) is 3.34. The van der Waals surface area contributed by atoms with E-state index in [0.717, 1.165) is 10.5 Å². The minimum Gasteiger partial charge on any atom is -0.479 e. The van der Waals surface area contributed by atoms with Gasteiger partial charge in [-0.1, -0.05) is 74.4 Å². The van der Waals surface area contributed by atoms with Gasteiger partial charge in [-0.15, -0.1) is 0 Å². The van der Waals surface area contributed by atoms with Crippen molar-refractivity contribution in [3.05, 3.63) is 58.0 Å². The maximum Gasteiger partial charge on any atom is 0.344 e. The Bertz CT molecular complexity index is 2050. The second-order valence-electron chi connectivity index (χ2n) is 20.1. The summed E-state index contributed by atoms with van der Waals surface area (Å²) >= 11 is 0. The molecule has 396 valence electrons. The molecule has 0 aromatic carbocycles. The number of esters is 1. The fourth-order valence-corrected chi connectivity index (χ4v) is 10.2. The van der Waals surface area contributed by atoms with Crippen LogP contribution in [-0.4, -0.2) is 148 Å². The molecule has 3 heterocycles. The molecule has 4 aliphatic rings. The number of nitrogens with zero attached hydrogens (tertiary/aromatic N) is 5. The maximum atomic E-state index is 14.6. The van der Waals surface area contributed by atoms with Crippen molar-refractivity contribution in [3.63, 3.8) is 0 Å². The number of carboxylic acid groups (broad SMARTS) is 1. The summed E-state index contributed by atoms with van der Waals surface area (Å²) in [4.78, 5) is 77.6. The number of ketones is 2. The Kier molecular flexibility index (Phi) is 23.1. The third-order valence-corrected chi connectivity index (χ3v) is 14.6. The first-order valence-electron chi connectivity index (χ1n) is 25.0. The molecule has 1 aliphatic carbocycles. The third-order valence-electron chi connectivity index (χ3n) is 14.6. The van der Waals surface area contributed by atoms with E-state index in [1.165, 1.54) is 20.1 Å². The molecular weight excluding hydrogens is 921 g/mol. The summed E-state index contributed by atoms with van der Waals surface area (Å²) in [7, 11) is 3.07.